The molecule has 1 N–H and O–H groups in total. The van der Waals surface area contributed by atoms with Gasteiger partial charge in [0.25, 0.3) is 0 Å². The molecule has 6 heteroatoms. The Balaban J connectivity index is 1.83. The number of esters is 1. The van der Waals surface area contributed by atoms with Gasteiger partial charge in [0.2, 0.25) is 0 Å². The van der Waals surface area contributed by atoms with E-state index in [4.69, 9.17) is 4.74 Å². The fourth-order valence-corrected chi connectivity index (χ4v) is 7.64. The largest absolute Gasteiger partial charge is 0.451 e. The molecule has 0 aliphatic heterocycles. The van der Waals surface area contributed by atoms with Gasteiger partial charge in [0.05, 0.1) is 6.10 Å². The van der Waals surface area contributed by atoms with Crippen molar-refractivity contribution in [2.45, 2.75) is 90.0 Å². The van der Waals surface area contributed by atoms with Crippen molar-refractivity contribution in [3.63, 3.8) is 0 Å². The third-order valence-corrected chi connectivity index (χ3v) is 9.18. The molecule has 0 amide bonds. The Bertz CT molecular complexity index is 820. The first-order valence-electron chi connectivity index (χ1n) is 10.7. The minimum absolute atomic E-state index is 0.0333. The summed E-state index contributed by atoms with van der Waals surface area (Å²) in [5.41, 5.74) is -3.81. The van der Waals surface area contributed by atoms with Crippen molar-refractivity contribution in [2.24, 2.45) is 22.7 Å². The monoisotopic (exact) mass is 406 g/mol. The van der Waals surface area contributed by atoms with E-state index in [1.807, 2.05) is 13.8 Å². The van der Waals surface area contributed by atoms with E-state index in [9.17, 15) is 19.5 Å². The van der Waals surface area contributed by atoms with Crippen molar-refractivity contribution in [3.05, 3.63) is 11.6 Å². The molecule has 0 unspecified atom stereocenters. The second-order valence-corrected chi connectivity index (χ2v) is 10.1. The van der Waals surface area contributed by atoms with Crippen molar-refractivity contribution < 1.29 is 28.6 Å². The normalized spacial score (nSPS) is 48.8. The molecule has 0 spiro atoms. The molecule has 3 fully saturated rings. The van der Waals surface area contributed by atoms with Crippen molar-refractivity contribution >= 4 is 17.5 Å². The van der Waals surface area contributed by atoms with E-state index in [1.54, 1.807) is 6.08 Å². The summed E-state index contributed by atoms with van der Waals surface area (Å²) >= 11 is 0. The number of ether oxygens (including phenoxy) is 1. The minimum atomic E-state index is -1.83. The van der Waals surface area contributed by atoms with Crippen LogP contribution in [0.4, 0.5) is 4.39 Å². The number of carbonyl (C=O) groups is 3. The molecular formula is C23H31FO5. The zero-order valence-corrected chi connectivity index (χ0v) is 17.7. The maximum atomic E-state index is 16.8. The molecule has 0 bridgehead atoms. The molecule has 4 aliphatic rings. The average molecular weight is 406 g/mol. The number of halogens is 1. The lowest BCUT2D eigenvalue weighted by Gasteiger charge is -2.64. The summed E-state index contributed by atoms with van der Waals surface area (Å²) in [5.74, 6) is -1.66. The van der Waals surface area contributed by atoms with Gasteiger partial charge in [-0.05, 0) is 56.9 Å². The lowest BCUT2D eigenvalue weighted by atomic mass is 9.42. The average Bonchev–Trinajstić information content (AvgIpc) is 2.84. The second-order valence-electron chi connectivity index (χ2n) is 10.1. The molecule has 5 nitrogen and oxygen atoms in total. The standard InChI is InChI=1S/C23H31FO5/c1-13(25)22(29-14(2)26)10-9-20(3)18-8-5-15-11-16(27)6-7-17(15)23(18,24)19(28)12-21(20,22)4/h11,17-19,28H,5-10,12H2,1-4H3/t17-,18-,19-,20-,21-,22-,23-/m0/s1. The smallest absolute Gasteiger partial charge is 0.303 e. The number of allylic oxidation sites excluding steroid dienone is 1. The predicted molar refractivity (Wildman–Crippen MR) is 104 cm³/mol. The van der Waals surface area contributed by atoms with Crippen molar-refractivity contribution in [1.29, 1.82) is 0 Å². The maximum absolute atomic E-state index is 16.8. The molecule has 0 aromatic heterocycles. The van der Waals surface area contributed by atoms with Gasteiger partial charge in [-0.2, -0.15) is 0 Å². The fraction of sp³-hybridized carbons (Fsp3) is 0.783. The lowest BCUT2D eigenvalue weighted by Crippen LogP contribution is -2.70. The number of rotatable bonds is 2. The Morgan fingerprint density at radius 1 is 1.17 bits per heavy atom. The highest BCUT2D eigenvalue weighted by Crippen LogP contribution is 2.73. The summed E-state index contributed by atoms with van der Waals surface area (Å²) < 4.78 is 22.5. The van der Waals surface area contributed by atoms with Gasteiger partial charge in [-0.3, -0.25) is 14.4 Å². The van der Waals surface area contributed by atoms with Crippen LogP contribution in [0.5, 0.6) is 0 Å². The topological polar surface area (TPSA) is 80.7 Å². The van der Waals surface area contributed by atoms with Crippen LogP contribution in [0.3, 0.4) is 0 Å². The molecule has 0 saturated heterocycles. The Labute approximate surface area is 171 Å². The number of hydrogen-bond donors (Lipinski definition) is 1. The van der Waals surface area contributed by atoms with Crippen LogP contribution in [0.1, 0.15) is 72.6 Å². The highest BCUT2D eigenvalue weighted by Gasteiger charge is 2.77. The van der Waals surface area contributed by atoms with Gasteiger partial charge in [0, 0.05) is 30.6 Å². The van der Waals surface area contributed by atoms with Gasteiger partial charge in [0.1, 0.15) is 5.67 Å². The Morgan fingerprint density at radius 3 is 2.48 bits per heavy atom. The first-order valence-corrected chi connectivity index (χ1v) is 10.7. The number of aliphatic hydroxyl groups is 1. The van der Waals surface area contributed by atoms with Crippen molar-refractivity contribution in [2.75, 3.05) is 0 Å². The Hall–Kier alpha value is -1.56. The molecule has 160 valence electrons. The van der Waals surface area contributed by atoms with Crippen LogP contribution in [0.25, 0.3) is 0 Å². The summed E-state index contributed by atoms with van der Waals surface area (Å²) in [6, 6.07) is 0. The summed E-state index contributed by atoms with van der Waals surface area (Å²) in [6.07, 6.45) is 3.14. The van der Waals surface area contributed by atoms with Gasteiger partial charge >= 0.3 is 5.97 Å². The maximum Gasteiger partial charge on any atom is 0.303 e. The van der Waals surface area contributed by atoms with Crippen LogP contribution in [0.15, 0.2) is 11.6 Å². The second kappa shape index (κ2) is 6.22. The third kappa shape index (κ3) is 2.38. The van der Waals surface area contributed by atoms with Gasteiger partial charge in [-0.25, -0.2) is 4.39 Å². The zero-order valence-electron chi connectivity index (χ0n) is 17.7. The molecule has 29 heavy (non-hydrogen) atoms. The number of hydrogen-bond acceptors (Lipinski definition) is 5. The lowest BCUT2D eigenvalue weighted by molar-refractivity contribution is -0.242. The first-order chi connectivity index (χ1) is 13.4. The molecular weight excluding hydrogens is 375 g/mol. The highest BCUT2D eigenvalue weighted by molar-refractivity contribution is 5.91. The molecule has 4 rings (SSSR count). The van der Waals surface area contributed by atoms with Crippen LogP contribution in [-0.2, 0) is 19.1 Å². The molecule has 0 aromatic rings. The number of ketones is 2. The van der Waals surface area contributed by atoms with Crippen LogP contribution in [0.2, 0.25) is 0 Å². The summed E-state index contributed by atoms with van der Waals surface area (Å²) in [7, 11) is 0. The van der Waals surface area contributed by atoms with Crippen molar-refractivity contribution in [1.82, 2.24) is 0 Å². The molecule has 7 atom stereocenters. The summed E-state index contributed by atoms with van der Waals surface area (Å²) in [4.78, 5) is 36.6. The van der Waals surface area contributed by atoms with Gasteiger partial charge in [-0.15, -0.1) is 0 Å². The number of Topliss-reactive ketones (excluding diaryl/α,β-unsaturated/α-hetero) is 1. The van der Waals surface area contributed by atoms with Crippen molar-refractivity contribution in [3.8, 4) is 0 Å². The van der Waals surface area contributed by atoms with E-state index in [0.29, 0.717) is 38.5 Å². The Morgan fingerprint density at radius 2 is 1.86 bits per heavy atom. The van der Waals surface area contributed by atoms with E-state index in [2.05, 4.69) is 0 Å². The van der Waals surface area contributed by atoms with Gasteiger partial charge in [0.15, 0.2) is 17.2 Å². The summed E-state index contributed by atoms with van der Waals surface area (Å²) in [6.45, 7) is 6.62. The molecule has 0 heterocycles. The molecule has 0 radical (unpaired) electrons. The van der Waals surface area contributed by atoms with Gasteiger partial charge < -0.3 is 9.84 Å². The number of carbonyl (C=O) groups excluding carboxylic acids is 3. The van der Waals surface area contributed by atoms with E-state index in [0.717, 1.165) is 5.57 Å². The fourth-order valence-electron chi connectivity index (χ4n) is 7.64. The quantitative estimate of drug-likeness (QED) is 0.710. The predicted octanol–water partition coefficient (Wildman–Crippen LogP) is 3.47. The number of alkyl halides is 1. The van der Waals surface area contributed by atoms with E-state index < -0.39 is 46.0 Å². The third-order valence-electron chi connectivity index (χ3n) is 9.18. The van der Waals surface area contributed by atoms with Crippen LogP contribution in [0, 0.1) is 22.7 Å². The van der Waals surface area contributed by atoms with Crippen LogP contribution < -0.4 is 0 Å². The van der Waals surface area contributed by atoms with Crippen LogP contribution >= 0.6 is 0 Å². The molecule has 3 saturated carbocycles. The molecule has 0 aromatic carbocycles. The minimum Gasteiger partial charge on any atom is -0.451 e. The van der Waals surface area contributed by atoms with Crippen LogP contribution in [-0.4, -0.2) is 40.0 Å². The zero-order chi connectivity index (χ0) is 21.4. The highest BCUT2D eigenvalue weighted by atomic mass is 19.1. The Kier molecular flexibility index (Phi) is 4.44. The van der Waals surface area contributed by atoms with E-state index in [1.165, 1.54) is 13.8 Å². The van der Waals surface area contributed by atoms with E-state index >= 15 is 4.39 Å². The number of aliphatic hydroxyl groups excluding tert-OH is 1. The SMILES string of the molecule is CC(=O)O[C@]1(C(C)=O)CC[C@@]2(C)[C@@H]3CCC4=CC(=O)CC[C@@H]4[C@@]3(F)[C@@H](O)C[C@]12C. The molecule has 4 aliphatic carbocycles. The summed E-state index contributed by atoms with van der Waals surface area (Å²) in [5, 5.41) is 11.2. The first kappa shape index (κ1) is 20.7. The van der Waals surface area contributed by atoms with E-state index in [-0.39, 0.29) is 18.0 Å². The van der Waals surface area contributed by atoms with Gasteiger partial charge in [-0.1, -0.05) is 19.4 Å². The number of fused-ring (bicyclic) bond motifs is 5.